The van der Waals surface area contributed by atoms with Crippen molar-refractivity contribution in [3.63, 3.8) is 0 Å². The van der Waals surface area contributed by atoms with E-state index in [1.807, 2.05) is 0 Å². The smallest absolute Gasteiger partial charge is 0.150 e. The lowest BCUT2D eigenvalue weighted by molar-refractivity contribution is 0.0807. The van der Waals surface area contributed by atoms with Gasteiger partial charge in [-0.05, 0) is 58.7 Å². The Bertz CT molecular complexity index is 391. The first-order valence-corrected chi connectivity index (χ1v) is 10.4. The zero-order valence-corrected chi connectivity index (χ0v) is 15.1. The van der Waals surface area contributed by atoms with E-state index in [0.29, 0.717) is 11.8 Å². The Morgan fingerprint density at radius 2 is 1.81 bits per heavy atom. The van der Waals surface area contributed by atoms with Crippen LogP contribution in [-0.4, -0.2) is 56.0 Å². The van der Waals surface area contributed by atoms with Gasteiger partial charge in [-0.2, -0.15) is 0 Å². The van der Waals surface area contributed by atoms with Crippen LogP contribution in [0.15, 0.2) is 0 Å². The van der Waals surface area contributed by atoms with Gasteiger partial charge in [0.1, 0.15) is 9.84 Å². The highest BCUT2D eigenvalue weighted by Crippen LogP contribution is 2.30. The fraction of sp³-hybridized carbons (Fsp3) is 1.00. The van der Waals surface area contributed by atoms with Gasteiger partial charge in [0.15, 0.2) is 0 Å². The molecule has 2 unspecified atom stereocenters. The molecule has 0 aromatic heterocycles. The molecule has 0 amide bonds. The number of hydrogen-bond acceptors (Lipinski definition) is 4. The molecule has 1 aliphatic heterocycles. The highest BCUT2D eigenvalue weighted by molar-refractivity contribution is 7.91. The molecule has 0 bridgehead atoms. The Balaban J connectivity index is 2.69. The van der Waals surface area contributed by atoms with Gasteiger partial charge in [0.25, 0.3) is 0 Å². The fourth-order valence-corrected chi connectivity index (χ4v) is 4.34. The number of likely N-dealkylation sites (tertiary alicyclic amines) is 1. The molecule has 1 saturated heterocycles. The predicted octanol–water partition coefficient (Wildman–Crippen LogP) is 2.44. The molecule has 4 nitrogen and oxygen atoms in total. The zero-order chi connectivity index (χ0) is 15.9. The first kappa shape index (κ1) is 18.9. The van der Waals surface area contributed by atoms with E-state index in [1.165, 1.54) is 25.9 Å². The van der Waals surface area contributed by atoms with Crippen LogP contribution in [0.1, 0.15) is 59.8 Å². The molecule has 126 valence electrons. The minimum Gasteiger partial charge on any atom is -0.312 e. The Morgan fingerprint density at radius 1 is 1.19 bits per heavy atom. The molecule has 2 atom stereocenters. The summed E-state index contributed by atoms with van der Waals surface area (Å²) < 4.78 is 23.4. The monoisotopic (exact) mass is 318 g/mol. The third-order valence-corrected chi connectivity index (χ3v) is 6.92. The van der Waals surface area contributed by atoms with E-state index in [4.69, 9.17) is 0 Å². The summed E-state index contributed by atoms with van der Waals surface area (Å²) in [7, 11) is -2.84. The van der Waals surface area contributed by atoms with E-state index in [2.05, 4.69) is 31.0 Å². The molecular weight excluding hydrogens is 284 g/mol. The van der Waals surface area contributed by atoms with Crippen LogP contribution in [0.25, 0.3) is 0 Å². The van der Waals surface area contributed by atoms with Crippen molar-refractivity contribution in [1.82, 2.24) is 10.2 Å². The third kappa shape index (κ3) is 5.22. The second-order valence-electron chi connectivity index (χ2n) is 6.39. The summed E-state index contributed by atoms with van der Waals surface area (Å²) in [6, 6.07) is 0.373. The average Bonchev–Trinajstić information content (AvgIpc) is 3.00. The number of hydrogen-bond donors (Lipinski definition) is 1. The van der Waals surface area contributed by atoms with Gasteiger partial charge in [0, 0.05) is 17.3 Å². The van der Waals surface area contributed by atoms with Crippen molar-refractivity contribution in [2.45, 2.75) is 71.4 Å². The Kier molecular flexibility index (Phi) is 7.65. The molecule has 1 rings (SSSR count). The summed E-state index contributed by atoms with van der Waals surface area (Å²) in [6.07, 6.45) is 5.38. The van der Waals surface area contributed by atoms with Gasteiger partial charge in [-0.15, -0.1) is 0 Å². The van der Waals surface area contributed by atoms with E-state index in [9.17, 15) is 8.42 Å². The van der Waals surface area contributed by atoms with Crippen molar-refractivity contribution in [3.05, 3.63) is 0 Å². The number of nitrogens with one attached hydrogen (secondary N) is 1. The van der Waals surface area contributed by atoms with Crippen molar-refractivity contribution in [3.8, 4) is 0 Å². The van der Waals surface area contributed by atoms with Crippen LogP contribution in [0.5, 0.6) is 0 Å². The van der Waals surface area contributed by atoms with Crippen molar-refractivity contribution in [1.29, 1.82) is 0 Å². The topological polar surface area (TPSA) is 49.4 Å². The molecule has 21 heavy (non-hydrogen) atoms. The molecule has 0 aromatic rings. The van der Waals surface area contributed by atoms with E-state index in [-0.39, 0.29) is 11.3 Å². The van der Waals surface area contributed by atoms with Gasteiger partial charge in [0.2, 0.25) is 0 Å². The summed E-state index contributed by atoms with van der Waals surface area (Å²) >= 11 is 0. The van der Waals surface area contributed by atoms with Gasteiger partial charge in [0.05, 0.1) is 5.75 Å². The van der Waals surface area contributed by atoms with Gasteiger partial charge < -0.3 is 5.32 Å². The maximum absolute atomic E-state index is 11.7. The van der Waals surface area contributed by atoms with E-state index < -0.39 is 9.84 Å². The summed E-state index contributed by atoms with van der Waals surface area (Å²) in [6.45, 7) is 11.8. The molecule has 1 aliphatic rings. The highest BCUT2D eigenvalue weighted by Gasteiger charge is 2.38. The Hall–Kier alpha value is -0.130. The third-order valence-electron chi connectivity index (χ3n) is 5.13. The lowest BCUT2D eigenvalue weighted by Gasteiger charge is -2.45. The summed E-state index contributed by atoms with van der Waals surface area (Å²) in [4.78, 5) is 2.61. The molecule has 1 N–H and O–H groups in total. The maximum Gasteiger partial charge on any atom is 0.150 e. The maximum atomic E-state index is 11.7. The largest absolute Gasteiger partial charge is 0.312 e. The number of sulfone groups is 1. The molecule has 0 aromatic carbocycles. The molecule has 0 saturated carbocycles. The first-order chi connectivity index (χ1) is 9.89. The summed E-state index contributed by atoms with van der Waals surface area (Å²) in [5.74, 6) is 0.585. The molecule has 0 radical (unpaired) electrons. The lowest BCUT2D eigenvalue weighted by Crippen LogP contribution is -2.58. The van der Waals surface area contributed by atoms with Gasteiger partial charge in [-0.25, -0.2) is 8.42 Å². The first-order valence-electron chi connectivity index (χ1n) is 8.58. The molecule has 5 heteroatoms. The minimum absolute atomic E-state index is 0.141. The quantitative estimate of drug-likeness (QED) is 0.672. The van der Waals surface area contributed by atoms with Crippen LogP contribution in [0, 0.1) is 0 Å². The second-order valence-corrected chi connectivity index (χ2v) is 8.87. The van der Waals surface area contributed by atoms with Gasteiger partial charge >= 0.3 is 0 Å². The second kappa shape index (κ2) is 8.49. The fourth-order valence-electron chi connectivity index (χ4n) is 3.45. The van der Waals surface area contributed by atoms with Crippen LogP contribution < -0.4 is 5.32 Å². The standard InChI is InChI=1S/C16H34N2O2S/c1-5-16(4,18-12-8-9-13-18)15(17-6-2)11-10-14-21(19,20)7-3/h15,17H,5-14H2,1-4H3. The summed E-state index contributed by atoms with van der Waals surface area (Å²) in [5.41, 5.74) is 0.141. The van der Waals surface area contributed by atoms with Crippen molar-refractivity contribution >= 4 is 9.84 Å². The van der Waals surface area contributed by atoms with Crippen molar-refractivity contribution in [2.24, 2.45) is 0 Å². The predicted molar refractivity (Wildman–Crippen MR) is 90.5 cm³/mol. The van der Waals surface area contributed by atoms with Gasteiger partial charge in [-0.3, -0.25) is 4.90 Å². The lowest BCUT2D eigenvalue weighted by atomic mass is 9.84. The SMILES string of the molecule is CCNC(CCCS(=O)(=O)CC)C(C)(CC)N1CCCC1. The van der Waals surface area contributed by atoms with Crippen molar-refractivity contribution < 1.29 is 8.42 Å². The number of rotatable bonds is 10. The van der Waals surface area contributed by atoms with E-state index >= 15 is 0 Å². The Morgan fingerprint density at radius 3 is 2.29 bits per heavy atom. The Labute approximate surface area is 131 Å². The van der Waals surface area contributed by atoms with Gasteiger partial charge in [-0.1, -0.05) is 20.8 Å². The van der Waals surface area contributed by atoms with Crippen LogP contribution in [0.4, 0.5) is 0 Å². The number of nitrogens with zero attached hydrogens (tertiary/aromatic N) is 1. The molecule has 1 fully saturated rings. The van der Waals surface area contributed by atoms with Crippen LogP contribution in [-0.2, 0) is 9.84 Å². The minimum atomic E-state index is -2.84. The van der Waals surface area contributed by atoms with E-state index in [1.54, 1.807) is 6.92 Å². The average molecular weight is 319 g/mol. The van der Waals surface area contributed by atoms with E-state index in [0.717, 1.165) is 25.8 Å². The normalized spacial score (nSPS) is 21.3. The molecule has 1 heterocycles. The summed E-state index contributed by atoms with van der Waals surface area (Å²) in [5, 5.41) is 3.62. The highest BCUT2D eigenvalue weighted by atomic mass is 32.2. The molecular formula is C16H34N2O2S. The zero-order valence-electron chi connectivity index (χ0n) is 14.3. The van der Waals surface area contributed by atoms with Crippen LogP contribution in [0.2, 0.25) is 0 Å². The number of likely N-dealkylation sites (N-methyl/N-ethyl adjacent to an activating group) is 1. The van der Waals surface area contributed by atoms with Crippen LogP contribution in [0.3, 0.4) is 0 Å². The molecule has 0 spiro atoms. The molecule has 0 aliphatic carbocycles. The van der Waals surface area contributed by atoms with Crippen LogP contribution >= 0.6 is 0 Å². The van der Waals surface area contributed by atoms with Crippen molar-refractivity contribution in [2.75, 3.05) is 31.1 Å².